The predicted octanol–water partition coefficient (Wildman–Crippen LogP) is 3.86. The van der Waals surface area contributed by atoms with Gasteiger partial charge >= 0.3 is 12.3 Å². The number of imide groups is 1. The molecular formula is C21H20ClF3N4O4. The number of carbonyl (C=O) groups excluding carboxylic acids is 3. The van der Waals surface area contributed by atoms with Gasteiger partial charge in [-0.3, -0.25) is 14.0 Å². The molecule has 2 aromatic rings. The molecule has 0 radical (unpaired) electrons. The fraction of sp³-hybridized carbons (Fsp3) is 0.524. The van der Waals surface area contributed by atoms with E-state index >= 15 is 0 Å². The Morgan fingerprint density at radius 2 is 1.85 bits per heavy atom. The number of hydrogen-bond donors (Lipinski definition) is 0. The molecule has 0 spiro atoms. The van der Waals surface area contributed by atoms with E-state index in [1.807, 2.05) is 0 Å². The number of piperidine rings is 1. The molecule has 3 amide bonds. The van der Waals surface area contributed by atoms with Gasteiger partial charge in [-0.25, -0.2) is 14.7 Å². The fourth-order valence-electron chi connectivity index (χ4n) is 4.47. The molecule has 33 heavy (non-hydrogen) atoms. The van der Waals surface area contributed by atoms with Gasteiger partial charge in [-0.2, -0.15) is 13.2 Å². The van der Waals surface area contributed by atoms with E-state index in [9.17, 15) is 27.6 Å². The molecule has 0 aromatic carbocycles. The Kier molecular flexibility index (Phi) is 5.07. The maximum atomic E-state index is 13.7. The molecule has 12 heteroatoms. The minimum atomic E-state index is -4.65. The molecule has 176 valence electrons. The lowest BCUT2D eigenvalue weighted by Gasteiger charge is -2.34. The number of alkyl halides is 3. The Bertz CT molecular complexity index is 1170. The SMILES string of the molecule is C[C@@H]1OC(=O)N(C2CCN(C(=O)c3nc4c(C(F)(F)F)cc(C5CC5)cn4c3Cl)CC2)C1=O. The van der Waals surface area contributed by atoms with Gasteiger partial charge in [0.05, 0.1) is 5.56 Å². The molecule has 0 unspecified atom stereocenters. The van der Waals surface area contributed by atoms with Crippen molar-refractivity contribution in [3.05, 3.63) is 34.2 Å². The van der Waals surface area contributed by atoms with Crippen LogP contribution < -0.4 is 0 Å². The first-order valence-corrected chi connectivity index (χ1v) is 11.1. The number of rotatable bonds is 3. The number of hydrogen-bond acceptors (Lipinski definition) is 5. The minimum Gasteiger partial charge on any atom is -0.436 e. The van der Waals surface area contributed by atoms with E-state index in [2.05, 4.69) is 4.98 Å². The average Bonchev–Trinajstić information content (AvgIpc) is 3.51. The maximum absolute atomic E-state index is 13.7. The molecular weight excluding hydrogens is 465 g/mol. The highest BCUT2D eigenvalue weighted by atomic mass is 35.5. The normalized spacial score (nSPS) is 22.4. The zero-order valence-electron chi connectivity index (χ0n) is 17.6. The summed E-state index contributed by atoms with van der Waals surface area (Å²) in [6.07, 6.45) is -2.40. The zero-order chi connectivity index (χ0) is 23.7. The standard InChI is InChI=1S/C21H20ClF3N4O4/c1-10-18(30)29(20(32)33-10)13-4-6-27(7-5-13)19(31)15-16(22)28-9-12(11-2-3-11)8-14(17(28)26-15)21(23,24)25/h8-11,13H,2-7H2,1H3/t10-/m0/s1. The number of carbonyl (C=O) groups is 3. The summed E-state index contributed by atoms with van der Waals surface area (Å²) in [7, 11) is 0. The summed E-state index contributed by atoms with van der Waals surface area (Å²) in [6.45, 7) is 1.88. The van der Waals surface area contributed by atoms with E-state index in [-0.39, 0.29) is 29.9 Å². The summed E-state index contributed by atoms with van der Waals surface area (Å²) in [5, 5.41) is -0.169. The van der Waals surface area contributed by atoms with Crippen LogP contribution in [0, 0.1) is 0 Å². The van der Waals surface area contributed by atoms with Crippen molar-refractivity contribution < 1.29 is 32.3 Å². The molecule has 8 nitrogen and oxygen atoms in total. The van der Waals surface area contributed by atoms with Crippen LogP contribution in [0.3, 0.4) is 0 Å². The van der Waals surface area contributed by atoms with E-state index < -0.39 is 47.4 Å². The molecule has 0 N–H and O–H groups in total. The predicted molar refractivity (Wildman–Crippen MR) is 109 cm³/mol. The molecule has 0 bridgehead atoms. The third kappa shape index (κ3) is 3.71. The fourth-order valence-corrected chi connectivity index (χ4v) is 4.73. The molecule has 2 aromatic heterocycles. The van der Waals surface area contributed by atoms with Crippen LogP contribution in [-0.2, 0) is 15.7 Å². The molecule has 2 aliphatic heterocycles. The molecule has 3 aliphatic rings. The second-order valence-corrected chi connectivity index (χ2v) is 9.02. The first-order chi connectivity index (χ1) is 15.6. The van der Waals surface area contributed by atoms with Gasteiger partial charge in [-0.05, 0) is 50.2 Å². The quantitative estimate of drug-likeness (QED) is 0.660. The molecule has 4 heterocycles. The van der Waals surface area contributed by atoms with Crippen LogP contribution in [0.4, 0.5) is 18.0 Å². The van der Waals surface area contributed by atoms with Gasteiger partial charge in [-0.1, -0.05) is 11.6 Å². The van der Waals surface area contributed by atoms with Crippen LogP contribution in [0.5, 0.6) is 0 Å². The minimum absolute atomic E-state index is 0.0508. The van der Waals surface area contributed by atoms with Crippen molar-refractivity contribution in [2.75, 3.05) is 13.1 Å². The van der Waals surface area contributed by atoms with Crippen molar-refractivity contribution in [1.82, 2.24) is 19.2 Å². The van der Waals surface area contributed by atoms with Gasteiger partial charge < -0.3 is 9.64 Å². The Labute approximate surface area is 191 Å². The number of halogens is 4. The van der Waals surface area contributed by atoms with Gasteiger partial charge in [0, 0.05) is 25.3 Å². The van der Waals surface area contributed by atoms with Crippen molar-refractivity contribution in [3.63, 3.8) is 0 Å². The lowest BCUT2D eigenvalue weighted by molar-refractivity contribution is -0.136. The van der Waals surface area contributed by atoms with Gasteiger partial charge in [0.2, 0.25) is 0 Å². The highest BCUT2D eigenvalue weighted by Gasteiger charge is 2.44. The first kappa shape index (κ1) is 22.0. The molecule has 3 fully saturated rings. The Morgan fingerprint density at radius 1 is 1.18 bits per heavy atom. The number of imidazole rings is 1. The molecule has 5 rings (SSSR count). The van der Waals surface area contributed by atoms with Crippen LogP contribution in [0.15, 0.2) is 12.3 Å². The average molecular weight is 485 g/mol. The number of amides is 3. The summed E-state index contributed by atoms with van der Waals surface area (Å²) < 4.78 is 47.2. The largest absolute Gasteiger partial charge is 0.436 e. The monoisotopic (exact) mass is 484 g/mol. The summed E-state index contributed by atoms with van der Waals surface area (Å²) in [6, 6.07) is 0.678. The molecule has 1 aliphatic carbocycles. The van der Waals surface area contributed by atoms with Crippen LogP contribution in [0.2, 0.25) is 5.15 Å². The second kappa shape index (κ2) is 7.61. The Balaban J connectivity index is 1.40. The lowest BCUT2D eigenvalue weighted by atomic mass is 10.0. The van der Waals surface area contributed by atoms with Crippen LogP contribution >= 0.6 is 11.6 Å². The number of fused-ring (bicyclic) bond motifs is 1. The van der Waals surface area contributed by atoms with Crippen LogP contribution in [0.1, 0.15) is 60.1 Å². The van der Waals surface area contributed by atoms with Gasteiger partial charge in [0.25, 0.3) is 11.8 Å². The zero-order valence-corrected chi connectivity index (χ0v) is 18.3. The van der Waals surface area contributed by atoms with Crippen molar-refractivity contribution in [2.24, 2.45) is 0 Å². The van der Waals surface area contributed by atoms with Crippen molar-refractivity contribution in [1.29, 1.82) is 0 Å². The number of pyridine rings is 1. The highest BCUT2D eigenvalue weighted by Crippen LogP contribution is 2.43. The van der Waals surface area contributed by atoms with Gasteiger partial charge in [0.1, 0.15) is 5.15 Å². The van der Waals surface area contributed by atoms with E-state index in [4.69, 9.17) is 16.3 Å². The molecule has 1 saturated carbocycles. The van der Waals surface area contributed by atoms with Gasteiger partial charge in [0.15, 0.2) is 17.4 Å². The number of ether oxygens (including phenoxy) is 1. The summed E-state index contributed by atoms with van der Waals surface area (Å²) >= 11 is 6.35. The highest BCUT2D eigenvalue weighted by molar-refractivity contribution is 6.33. The molecule has 2 saturated heterocycles. The number of nitrogens with zero attached hydrogens (tertiary/aromatic N) is 4. The van der Waals surface area contributed by atoms with Gasteiger partial charge in [-0.15, -0.1) is 0 Å². The van der Waals surface area contributed by atoms with E-state index in [0.717, 1.165) is 28.2 Å². The number of aromatic nitrogens is 2. The van der Waals surface area contributed by atoms with E-state index in [1.54, 1.807) is 0 Å². The van der Waals surface area contributed by atoms with Crippen molar-refractivity contribution in [2.45, 2.75) is 56.8 Å². The Hall–Kier alpha value is -2.82. The number of likely N-dealkylation sites (tertiary alicyclic amines) is 1. The van der Waals surface area contributed by atoms with Crippen molar-refractivity contribution in [3.8, 4) is 0 Å². The third-order valence-electron chi connectivity index (χ3n) is 6.42. The first-order valence-electron chi connectivity index (χ1n) is 10.7. The topological polar surface area (TPSA) is 84.2 Å². The number of cyclic esters (lactones) is 1. The maximum Gasteiger partial charge on any atom is 0.419 e. The summed E-state index contributed by atoms with van der Waals surface area (Å²) in [5.41, 5.74) is -1.06. The smallest absolute Gasteiger partial charge is 0.419 e. The van der Waals surface area contributed by atoms with Crippen LogP contribution in [0.25, 0.3) is 5.65 Å². The summed E-state index contributed by atoms with van der Waals surface area (Å²) in [5.74, 6) is -0.957. The van der Waals surface area contributed by atoms with E-state index in [0.29, 0.717) is 18.4 Å². The van der Waals surface area contributed by atoms with Crippen molar-refractivity contribution >= 4 is 35.2 Å². The third-order valence-corrected chi connectivity index (χ3v) is 6.78. The molecule has 1 atom stereocenters. The second-order valence-electron chi connectivity index (χ2n) is 8.66. The van der Waals surface area contributed by atoms with E-state index in [1.165, 1.54) is 18.0 Å². The van der Waals surface area contributed by atoms with Crippen LogP contribution in [-0.4, -0.2) is 62.3 Å². The lowest BCUT2D eigenvalue weighted by Crippen LogP contribution is -2.49. The summed E-state index contributed by atoms with van der Waals surface area (Å²) in [4.78, 5) is 43.7. The Morgan fingerprint density at radius 3 is 2.39 bits per heavy atom.